The second-order valence-electron chi connectivity index (χ2n) is 6.61. The zero-order valence-electron chi connectivity index (χ0n) is 13.5. The van der Waals surface area contributed by atoms with Crippen molar-refractivity contribution in [1.82, 2.24) is 9.21 Å². The van der Waals surface area contributed by atoms with Crippen LogP contribution in [0.3, 0.4) is 0 Å². The molecule has 2 saturated heterocycles. The smallest absolute Gasteiger partial charge is 0.243 e. The van der Waals surface area contributed by atoms with Gasteiger partial charge in [-0.25, -0.2) is 17.2 Å². The number of hydrogen-bond acceptors (Lipinski definition) is 3. The van der Waals surface area contributed by atoms with E-state index in [0.717, 1.165) is 50.9 Å². The van der Waals surface area contributed by atoms with Crippen LogP contribution in [0, 0.1) is 11.6 Å². The topological polar surface area (TPSA) is 40.6 Å². The fourth-order valence-corrected chi connectivity index (χ4v) is 5.60. The highest BCUT2D eigenvalue weighted by molar-refractivity contribution is 7.89. The standard InChI is InChI=1S/C17H22F2N2O2S/c1-2-7-20-8-3-5-17(20)6-4-9-21(13-17)24(22,23)16-11-14(18)10-15(19)12-16/h2,10-12H,1,3-9,13H2/t17-/m1/s1. The SMILES string of the molecule is C=CCN1CCC[C@]12CCCN(S(=O)(=O)c1cc(F)cc(F)c1)C2. The van der Waals surface area contributed by atoms with Gasteiger partial charge in [0.2, 0.25) is 10.0 Å². The van der Waals surface area contributed by atoms with Gasteiger partial charge in [-0.3, -0.25) is 4.90 Å². The zero-order chi connectivity index (χ0) is 17.4. The average Bonchev–Trinajstić information content (AvgIpc) is 2.89. The van der Waals surface area contributed by atoms with Crippen LogP contribution in [0.2, 0.25) is 0 Å². The van der Waals surface area contributed by atoms with Crippen molar-refractivity contribution in [2.45, 2.75) is 36.1 Å². The molecular formula is C17H22F2N2O2S. The van der Waals surface area contributed by atoms with Crippen LogP contribution < -0.4 is 0 Å². The minimum atomic E-state index is -3.91. The summed E-state index contributed by atoms with van der Waals surface area (Å²) in [6, 6.07) is 2.45. The lowest BCUT2D eigenvalue weighted by atomic mass is 9.87. The lowest BCUT2D eigenvalue weighted by molar-refractivity contribution is 0.0841. The molecule has 2 heterocycles. The van der Waals surface area contributed by atoms with Crippen molar-refractivity contribution < 1.29 is 17.2 Å². The molecule has 0 bridgehead atoms. The maximum Gasteiger partial charge on any atom is 0.243 e. The van der Waals surface area contributed by atoms with E-state index >= 15 is 0 Å². The summed E-state index contributed by atoms with van der Waals surface area (Å²) in [6.45, 7) is 6.17. The zero-order valence-corrected chi connectivity index (χ0v) is 14.4. The van der Waals surface area contributed by atoms with Crippen LogP contribution in [0.5, 0.6) is 0 Å². The number of sulfonamides is 1. The molecule has 1 spiro atoms. The summed E-state index contributed by atoms with van der Waals surface area (Å²) in [4.78, 5) is 1.97. The Bertz CT molecular complexity index is 718. The van der Waals surface area contributed by atoms with Gasteiger partial charge in [0.05, 0.1) is 4.90 Å². The first-order chi connectivity index (χ1) is 11.4. The molecule has 2 aliphatic rings. The third-order valence-corrected chi connectivity index (χ3v) is 6.91. The highest BCUT2D eigenvalue weighted by Crippen LogP contribution is 2.38. The molecule has 4 nitrogen and oxygen atoms in total. The van der Waals surface area contributed by atoms with E-state index in [1.807, 2.05) is 6.08 Å². The first-order valence-electron chi connectivity index (χ1n) is 8.20. The van der Waals surface area contributed by atoms with Crippen molar-refractivity contribution in [3.8, 4) is 0 Å². The molecule has 1 atom stereocenters. The Balaban J connectivity index is 1.90. The van der Waals surface area contributed by atoms with Crippen LogP contribution in [-0.4, -0.2) is 49.3 Å². The molecular weight excluding hydrogens is 334 g/mol. The molecule has 2 fully saturated rings. The fourth-order valence-electron chi connectivity index (χ4n) is 4.00. The van der Waals surface area contributed by atoms with Crippen molar-refractivity contribution in [1.29, 1.82) is 0 Å². The van der Waals surface area contributed by atoms with E-state index in [1.54, 1.807) is 0 Å². The number of halogens is 2. The molecule has 2 aliphatic heterocycles. The van der Waals surface area contributed by atoms with E-state index in [2.05, 4.69) is 11.5 Å². The van der Waals surface area contributed by atoms with Crippen molar-refractivity contribution in [3.63, 3.8) is 0 Å². The van der Waals surface area contributed by atoms with Gasteiger partial charge in [-0.1, -0.05) is 6.08 Å². The highest BCUT2D eigenvalue weighted by Gasteiger charge is 2.46. The van der Waals surface area contributed by atoms with Crippen LogP contribution in [0.1, 0.15) is 25.7 Å². The predicted octanol–water partition coefficient (Wildman–Crippen LogP) is 2.77. The van der Waals surface area contributed by atoms with Gasteiger partial charge < -0.3 is 0 Å². The van der Waals surface area contributed by atoms with Crippen molar-refractivity contribution in [2.75, 3.05) is 26.2 Å². The minimum Gasteiger partial charge on any atom is -0.293 e. The van der Waals surface area contributed by atoms with Crippen molar-refractivity contribution >= 4 is 10.0 Å². The first-order valence-corrected chi connectivity index (χ1v) is 9.64. The van der Waals surface area contributed by atoms with Crippen LogP contribution >= 0.6 is 0 Å². The third kappa shape index (κ3) is 3.12. The van der Waals surface area contributed by atoms with E-state index in [0.29, 0.717) is 19.2 Å². The Kier molecular flexibility index (Phi) is 4.77. The number of likely N-dealkylation sites (tertiary alicyclic amines) is 1. The van der Waals surface area contributed by atoms with Crippen molar-refractivity contribution in [3.05, 3.63) is 42.5 Å². The number of nitrogens with zero attached hydrogens (tertiary/aromatic N) is 2. The number of piperidine rings is 1. The minimum absolute atomic E-state index is 0.189. The van der Waals surface area contributed by atoms with E-state index in [9.17, 15) is 17.2 Å². The van der Waals surface area contributed by atoms with E-state index in [4.69, 9.17) is 0 Å². The number of hydrogen-bond donors (Lipinski definition) is 0. The number of benzene rings is 1. The number of rotatable bonds is 4. The second kappa shape index (κ2) is 6.54. The van der Waals surface area contributed by atoms with Gasteiger partial charge in [0.1, 0.15) is 11.6 Å². The van der Waals surface area contributed by atoms with Gasteiger partial charge in [0, 0.05) is 31.2 Å². The van der Waals surface area contributed by atoms with Gasteiger partial charge in [0.15, 0.2) is 0 Å². The summed E-state index contributed by atoms with van der Waals surface area (Å²) >= 11 is 0. The summed E-state index contributed by atoms with van der Waals surface area (Å²) in [5.74, 6) is -1.76. The molecule has 7 heteroatoms. The van der Waals surface area contributed by atoms with Crippen molar-refractivity contribution in [2.24, 2.45) is 0 Å². The van der Waals surface area contributed by atoms with E-state index < -0.39 is 21.7 Å². The van der Waals surface area contributed by atoms with Gasteiger partial charge in [-0.05, 0) is 44.4 Å². The summed E-state index contributed by atoms with van der Waals surface area (Å²) in [7, 11) is -3.91. The summed E-state index contributed by atoms with van der Waals surface area (Å²) in [5, 5.41) is 0. The molecule has 132 valence electrons. The van der Waals surface area contributed by atoms with Crippen LogP contribution in [0.4, 0.5) is 8.78 Å². The Labute approximate surface area is 141 Å². The first kappa shape index (κ1) is 17.5. The predicted molar refractivity (Wildman–Crippen MR) is 88.1 cm³/mol. The third-order valence-electron chi connectivity index (χ3n) is 5.08. The molecule has 1 aromatic rings. The Morgan fingerprint density at radius 3 is 2.38 bits per heavy atom. The van der Waals surface area contributed by atoms with E-state index in [1.165, 1.54) is 4.31 Å². The van der Waals surface area contributed by atoms with Gasteiger partial charge in [-0.15, -0.1) is 6.58 Å². The molecule has 0 saturated carbocycles. The maximum absolute atomic E-state index is 13.4. The molecule has 0 N–H and O–H groups in total. The normalized spacial score (nSPS) is 26.1. The summed E-state index contributed by atoms with van der Waals surface area (Å²) in [5.41, 5.74) is -0.189. The summed E-state index contributed by atoms with van der Waals surface area (Å²) < 4.78 is 54.0. The monoisotopic (exact) mass is 356 g/mol. The Morgan fingerprint density at radius 2 is 1.75 bits per heavy atom. The average molecular weight is 356 g/mol. The lowest BCUT2D eigenvalue weighted by Gasteiger charge is -2.45. The second-order valence-corrected chi connectivity index (χ2v) is 8.55. The van der Waals surface area contributed by atoms with Gasteiger partial charge in [0.25, 0.3) is 0 Å². The molecule has 1 aromatic carbocycles. The van der Waals surface area contributed by atoms with E-state index in [-0.39, 0.29) is 10.4 Å². The Morgan fingerprint density at radius 1 is 1.12 bits per heavy atom. The lowest BCUT2D eigenvalue weighted by Crippen LogP contribution is -2.56. The molecule has 24 heavy (non-hydrogen) atoms. The van der Waals surface area contributed by atoms with Crippen LogP contribution in [0.25, 0.3) is 0 Å². The molecule has 0 aliphatic carbocycles. The molecule has 0 unspecified atom stereocenters. The highest BCUT2D eigenvalue weighted by atomic mass is 32.2. The largest absolute Gasteiger partial charge is 0.293 e. The van der Waals surface area contributed by atoms with Gasteiger partial charge >= 0.3 is 0 Å². The van der Waals surface area contributed by atoms with Crippen LogP contribution in [-0.2, 0) is 10.0 Å². The molecule has 0 aromatic heterocycles. The van der Waals surface area contributed by atoms with Crippen LogP contribution in [0.15, 0.2) is 35.7 Å². The molecule has 0 amide bonds. The maximum atomic E-state index is 13.4. The quantitative estimate of drug-likeness (QED) is 0.779. The molecule has 0 radical (unpaired) electrons. The Hall–Kier alpha value is -1.31. The molecule has 3 rings (SSSR count). The summed E-state index contributed by atoms with van der Waals surface area (Å²) in [6.07, 6.45) is 5.47. The van der Waals surface area contributed by atoms with Gasteiger partial charge in [-0.2, -0.15) is 4.31 Å². The fraction of sp³-hybridized carbons (Fsp3) is 0.529.